The first-order valence-electron chi connectivity index (χ1n) is 42.3. The van der Waals surface area contributed by atoms with Crippen molar-refractivity contribution in [2.75, 3.05) is 9.80 Å². The van der Waals surface area contributed by atoms with Gasteiger partial charge in [0.2, 0.25) is 0 Å². The van der Waals surface area contributed by atoms with Crippen LogP contribution in [0.4, 0.5) is 34.1 Å². The summed E-state index contributed by atoms with van der Waals surface area (Å²) in [7, 11) is 0. The topological polar surface area (TPSA) is 93.2 Å². The molecule has 0 bridgehead atoms. The van der Waals surface area contributed by atoms with Crippen LogP contribution in [0.5, 0.6) is 0 Å². The van der Waals surface area contributed by atoms with Gasteiger partial charge < -0.3 is 27.5 Å². The molecule has 0 fully saturated rings. The third kappa shape index (κ3) is 10.6. The van der Waals surface area contributed by atoms with Gasteiger partial charge in [-0.1, -0.05) is 296 Å². The van der Waals surface area contributed by atoms with E-state index >= 15 is 4.79 Å². The van der Waals surface area contributed by atoms with Crippen molar-refractivity contribution in [2.24, 2.45) is 0 Å². The molecule has 8 nitrogen and oxygen atoms in total. The van der Waals surface area contributed by atoms with E-state index in [4.69, 9.17) is 17.7 Å². The second-order valence-corrected chi connectivity index (χ2v) is 36.5. The van der Waals surface area contributed by atoms with E-state index in [9.17, 15) is 4.79 Å². The number of ketones is 2. The lowest BCUT2D eigenvalue weighted by Gasteiger charge is -2.32. The number of hydrogen-bond acceptors (Lipinski definition) is 8. The Bertz CT molecular complexity index is 8200. The molecule has 0 aliphatic heterocycles. The van der Waals surface area contributed by atoms with Crippen LogP contribution in [0.25, 0.3) is 143 Å². The Morgan fingerprint density at radius 1 is 0.266 bits per heavy atom. The Morgan fingerprint density at radius 3 is 1.11 bits per heavy atom. The number of halogens is 2. The van der Waals surface area contributed by atoms with Gasteiger partial charge in [0, 0.05) is 114 Å². The highest BCUT2D eigenvalue weighted by Gasteiger charge is 2.45. The molecular weight excluding hydrogens is 1650 g/mol. The Morgan fingerprint density at radius 2 is 0.605 bits per heavy atom. The SMILES string of the molecule is CC1(C)c2ccccc2-c2cccc(Cc3ccccc3)c21.CC1(C)c2ccccc2-c2cccc(N(c3ccccc3)c3cc4c(c5c3oc3ccccc35)-c3c(cc(N(c5ccccc5)c5cccc6c5C(C)(C)c5ccccc5-6)c5c3oc3ccccc35)C4=O)c21.O=C1c2cc(Br)c3c(oc4ccccc43)c2-c2c1cc(Br)c1oc3ccccc3c21. The van der Waals surface area contributed by atoms with Gasteiger partial charge in [0.1, 0.15) is 39.1 Å². The molecule has 592 valence electrons. The molecule has 0 saturated carbocycles. The van der Waals surface area contributed by atoms with E-state index in [2.05, 4.69) is 338 Å². The molecule has 0 amide bonds. The number of hydrogen-bond donors (Lipinski definition) is 0. The minimum absolute atomic E-state index is 0.00376. The highest BCUT2D eigenvalue weighted by atomic mass is 79.9. The third-order valence-electron chi connectivity index (χ3n) is 27.0. The number of anilines is 6. The average Bonchev–Trinajstić information content (AvgIpc) is 1.53. The molecule has 4 heterocycles. The van der Waals surface area contributed by atoms with Gasteiger partial charge in [0.25, 0.3) is 0 Å². The van der Waals surface area contributed by atoms with E-state index < -0.39 is 0 Å². The maximum absolute atomic E-state index is 16.1. The molecule has 0 N–H and O–H groups in total. The monoisotopic (exact) mass is 1730 g/mol. The van der Waals surface area contributed by atoms with E-state index in [0.29, 0.717) is 33.4 Å². The number of rotatable bonds is 8. The predicted molar refractivity (Wildman–Crippen MR) is 513 cm³/mol. The molecule has 0 spiro atoms. The summed E-state index contributed by atoms with van der Waals surface area (Å²) in [5, 5.41) is 7.66. The van der Waals surface area contributed by atoms with Crippen LogP contribution >= 0.6 is 31.9 Å². The molecule has 124 heavy (non-hydrogen) atoms. The highest BCUT2D eigenvalue weighted by Crippen LogP contribution is 2.62. The number of nitrogens with zero attached hydrogens (tertiary/aromatic N) is 2. The largest absolute Gasteiger partial charge is 0.455 e. The second kappa shape index (κ2) is 27.4. The molecule has 0 atom stereocenters. The van der Waals surface area contributed by atoms with Crippen LogP contribution in [0.2, 0.25) is 0 Å². The first kappa shape index (κ1) is 73.7. The summed E-state index contributed by atoms with van der Waals surface area (Å²) < 4.78 is 28.5. The van der Waals surface area contributed by atoms with E-state index in [1.54, 1.807) is 0 Å². The van der Waals surface area contributed by atoms with Gasteiger partial charge in [-0.15, -0.1) is 0 Å². The fourth-order valence-electron chi connectivity index (χ4n) is 21.7. The quantitative estimate of drug-likeness (QED) is 0.149. The molecule has 5 aliphatic rings. The summed E-state index contributed by atoms with van der Waals surface area (Å²) in [5.41, 5.74) is 35.5. The molecule has 5 aliphatic carbocycles. The number of carbonyl (C=O) groups excluding carboxylic acids is 2. The lowest BCUT2D eigenvalue weighted by atomic mass is 9.79. The van der Waals surface area contributed by atoms with Crippen LogP contribution in [0, 0.1) is 0 Å². The zero-order valence-electron chi connectivity index (χ0n) is 68.6. The Balaban J connectivity index is 0.000000134. The Labute approximate surface area is 732 Å². The first-order chi connectivity index (χ1) is 60.5. The Kier molecular flexibility index (Phi) is 16.3. The van der Waals surface area contributed by atoms with Gasteiger partial charge in [0.05, 0.1) is 32.6 Å². The maximum Gasteiger partial charge on any atom is 0.194 e. The van der Waals surface area contributed by atoms with Crippen molar-refractivity contribution in [3.63, 3.8) is 0 Å². The fraction of sp³-hybridized carbons (Fsp3) is 0.0877. The van der Waals surface area contributed by atoms with Crippen LogP contribution in [0.3, 0.4) is 0 Å². The van der Waals surface area contributed by atoms with E-state index in [0.717, 1.165) is 148 Å². The van der Waals surface area contributed by atoms with Gasteiger partial charge in [-0.3, -0.25) is 9.59 Å². The van der Waals surface area contributed by atoms with Gasteiger partial charge in [-0.05, 0) is 201 Å². The van der Waals surface area contributed by atoms with E-state index in [1.807, 2.05) is 84.9 Å². The van der Waals surface area contributed by atoms with Crippen molar-refractivity contribution in [3.8, 4) is 55.6 Å². The fourth-order valence-corrected chi connectivity index (χ4v) is 22.9. The van der Waals surface area contributed by atoms with Crippen molar-refractivity contribution >= 4 is 165 Å². The molecule has 17 aromatic carbocycles. The van der Waals surface area contributed by atoms with Gasteiger partial charge in [-0.2, -0.15) is 0 Å². The van der Waals surface area contributed by atoms with E-state index in [1.165, 1.54) is 77.9 Å². The molecule has 26 rings (SSSR count). The van der Waals surface area contributed by atoms with Crippen LogP contribution < -0.4 is 9.80 Å². The standard InChI is InChI=1S/C67H46N2O3.C25H10Br2O3.C22H20/c1-66(2)49-31-15-11-25-41(49)43-29-19-33-51(61(43)66)68(39-21-7-5-8-22-39)53-37-48-60(65-57(53)45-27-13-17-35-55(45)72-65)58-47(63(48)70)38-54(64-59(58)46-28-14-18-36-56(46)71-64)69(40-23-9-6-10-24-40)52-34-20-30-44-42-26-12-16-32-50(42)67(3,4)62(44)52;26-15-9-14-22(25-19(15)11-5-1-3-7-17(11)30-25)20-13(23(14)28)10-16(27)24-21(20)12-6-2-4-8-18(12)29-24;1-22(2)20-14-7-6-12-18(20)19-13-8-11-17(21(19)22)15-16-9-4-3-5-10-16/h5-38H,1-4H3;1-10H;3-14H,15H2,1-2H3. The van der Waals surface area contributed by atoms with Gasteiger partial charge in [0.15, 0.2) is 17.1 Å². The van der Waals surface area contributed by atoms with Crippen LogP contribution in [-0.4, -0.2) is 11.6 Å². The lowest BCUT2D eigenvalue weighted by Crippen LogP contribution is -2.21. The zero-order valence-corrected chi connectivity index (χ0v) is 71.8. The summed E-state index contributed by atoms with van der Waals surface area (Å²) >= 11 is 7.29. The van der Waals surface area contributed by atoms with Crippen molar-refractivity contribution in [2.45, 2.75) is 64.2 Å². The maximum atomic E-state index is 16.1. The number of benzene rings is 17. The van der Waals surface area contributed by atoms with Crippen LogP contribution in [0.15, 0.2) is 366 Å². The van der Waals surface area contributed by atoms with E-state index in [-0.39, 0.29) is 27.8 Å². The molecule has 0 unspecified atom stereocenters. The summed E-state index contributed by atoms with van der Waals surface area (Å²) in [6.07, 6.45) is 1.00. The molecule has 10 heteroatoms. The average molecular weight is 1730 g/mol. The summed E-state index contributed by atoms with van der Waals surface area (Å²) in [6, 6.07) is 119. The Hall–Kier alpha value is -14.2. The zero-order chi connectivity index (χ0) is 83.5. The van der Waals surface area contributed by atoms with Gasteiger partial charge in [-0.25, -0.2) is 0 Å². The minimum Gasteiger partial charge on any atom is -0.455 e. The predicted octanol–water partition coefficient (Wildman–Crippen LogP) is 32.1. The number of carbonyl (C=O) groups is 2. The van der Waals surface area contributed by atoms with Crippen molar-refractivity contribution in [3.05, 3.63) is 415 Å². The highest BCUT2D eigenvalue weighted by molar-refractivity contribution is 9.11. The van der Waals surface area contributed by atoms with Gasteiger partial charge >= 0.3 is 0 Å². The van der Waals surface area contributed by atoms with Crippen molar-refractivity contribution in [1.29, 1.82) is 0 Å². The molecule has 21 aromatic rings. The lowest BCUT2D eigenvalue weighted by molar-refractivity contribution is 0.103. The van der Waals surface area contributed by atoms with Crippen LogP contribution in [0.1, 0.15) is 118 Å². The van der Waals surface area contributed by atoms with Crippen molar-refractivity contribution in [1.82, 2.24) is 0 Å². The molecular formula is C114H76Br2N2O6. The first-order valence-corrected chi connectivity index (χ1v) is 43.9. The number of furan rings is 4. The summed E-state index contributed by atoms with van der Waals surface area (Å²) in [5.74, 6) is -0.0638. The summed E-state index contributed by atoms with van der Waals surface area (Å²) in [6.45, 7) is 14.0. The smallest absolute Gasteiger partial charge is 0.194 e. The second-order valence-electron chi connectivity index (χ2n) is 34.8. The normalized spacial score (nSPS) is 14.1. The third-order valence-corrected chi connectivity index (χ3v) is 28.2. The number of para-hydroxylation sites is 6. The molecule has 4 aromatic heterocycles. The summed E-state index contributed by atoms with van der Waals surface area (Å²) in [4.78, 5) is 34.2. The minimum atomic E-state index is -0.323. The molecule has 0 saturated heterocycles. The number of fused-ring (bicyclic) bond motifs is 31. The van der Waals surface area contributed by atoms with Crippen molar-refractivity contribution < 1.29 is 27.3 Å². The van der Waals surface area contributed by atoms with Crippen LogP contribution in [-0.2, 0) is 22.7 Å². The molecule has 0 radical (unpaired) electrons.